The molecule has 0 aromatic heterocycles. The summed E-state index contributed by atoms with van der Waals surface area (Å²) in [5, 5.41) is 0. The lowest BCUT2D eigenvalue weighted by molar-refractivity contribution is 0.0989. The number of hydrogen-bond acceptors (Lipinski definition) is 3. The van der Waals surface area contributed by atoms with Crippen LogP contribution in [0, 0.1) is 0 Å². The number of anilines is 1. The highest BCUT2D eigenvalue weighted by Gasteiger charge is 2.30. The van der Waals surface area contributed by atoms with Crippen molar-refractivity contribution in [2.24, 2.45) is 0 Å². The summed E-state index contributed by atoms with van der Waals surface area (Å²) in [7, 11) is -3.45. The maximum atomic E-state index is 13.2. The Hall–Kier alpha value is -2.18. The molecule has 0 atom stereocenters. The number of nitrogens with zero attached hydrogens (tertiary/aromatic N) is 2. The van der Waals surface area contributed by atoms with Gasteiger partial charge >= 0.3 is 0 Å². The second-order valence-corrected chi connectivity index (χ2v) is 10.6. The van der Waals surface area contributed by atoms with Gasteiger partial charge in [0, 0.05) is 30.9 Å². The van der Waals surface area contributed by atoms with Gasteiger partial charge in [0.1, 0.15) is 0 Å². The van der Waals surface area contributed by atoms with E-state index < -0.39 is 10.0 Å². The van der Waals surface area contributed by atoms with Crippen LogP contribution in [0.2, 0.25) is 0 Å². The number of hydrogen-bond donors (Lipinski definition) is 0. The van der Waals surface area contributed by atoms with E-state index in [1.54, 1.807) is 21.3 Å². The third-order valence-corrected chi connectivity index (χ3v) is 8.63. The molecule has 1 amide bonds. The molecule has 3 aliphatic rings. The molecule has 0 N–H and O–H groups in total. The van der Waals surface area contributed by atoms with Gasteiger partial charge in [0.05, 0.1) is 4.90 Å². The van der Waals surface area contributed by atoms with E-state index in [9.17, 15) is 13.2 Å². The fourth-order valence-electron chi connectivity index (χ4n) is 5.03. The molecule has 158 valence electrons. The summed E-state index contributed by atoms with van der Waals surface area (Å²) in [6.45, 7) is 1.79. The molecule has 2 heterocycles. The number of rotatable bonds is 3. The van der Waals surface area contributed by atoms with Gasteiger partial charge in [-0.05, 0) is 92.0 Å². The average molecular weight is 425 g/mol. The van der Waals surface area contributed by atoms with Crippen LogP contribution < -0.4 is 4.90 Å². The smallest absolute Gasteiger partial charge is 0.258 e. The predicted molar refractivity (Wildman–Crippen MR) is 118 cm³/mol. The van der Waals surface area contributed by atoms with Crippen molar-refractivity contribution in [3.05, 3.63) is 58.7 Å². The van der Waals surface area contributed by atoms with E-state index in [2.05, 4.69) is 12.1 Å². The molecule has 2 aromatic carbocycles. The Morgan fingerprint density at radius 2 is 1.50 bits per heavy atom. The molecule has 30 heavy (non-hydrogen) atoms. The SMILES string of the molecule is O=C(c1ccc2c(c1)CCCC2)N1CCc2cc(S(=O)(=O)N3CCCCC3)ccc21. The third-order valence-electron chi connectivity index (χ3n) is 6.74. The number of carbonyl (C=O) groups is 1. The molecular formula is C24H28N2O3S. The Morgan fingerprint density at radius 1 is 0.733 bits per heavy atom. The normalized spacial score (nSPS) is 19.4. The van der Waals surface area contributed by atoms with Crippen molar-refractivity contribution in [1.29, 1.82) is 0 Å². The van der Waals surface area contributed by atoms with Crippen molar-refractivity contribution in [2.45, 2.75) is 56.3 Å². The summed E-state index contributed by atoms with van der Waals surface area (Å²) in [5.74, 6) is 0.00811. The van der Waals surface area contributed by atoms with Gasteiger partial charge < -0.3 is 4.90 Å². The fourth-order valence-corrected chi connectivity index (χ4v) is 6.59. The molecule has 0 unspecified atom stereocenters. The fraction of sp³-hybridized carbons (Fsp3) is 0.458. The molecule has 2 aliphatic heterocycles. The summed E-state index contributed by atoms with van der Waals surface area (Å²) in [6, 6.07) is 11.4. The van der Waals surface area contributed by atoms with E-state index in [-0.39, 0.29) is 5.91 Å². The molecule has 1 saturated heterocycles. The van der Waals surface area contributed by atoms with Crippen molar-refractivity contribution < 1.29 is 13.2 Å². The zero-order chi connectivity index (χ0) is 20.7. The highest BCUT2D eigenvalue weighted by Crippen LogP contribution is 2.33. The highest BCUT2D eigenvalue weighted by molar-refractivity contribution is 7.89. The van der Waals surface area contributed by atoms with Crippen LogP contribution >= 0.6 is 0 Å². The largest absolute Gasteiger partial charge is 0.308 e. The summed E-state index contributed by atoms with van der Waals surface area (Å²) >= 11 is 0. The quantitative estimate of drug-likeness (QED) is 0.750. The van der Waals surface area contributed by atoms with E-state index in [4.69, 9.17) is 0 Å². The van der Waals surface area contributed by atoms with Crippen LogP contribution in [0.5, 0.6) is 0 Å². The van der Waals surface area contributed by atoms with Crippen molar-refractivity contribution in [2.75, 3.05) is 24.5 Å². The Morgan fingerprint density at radius 3 is 2.30 bits per heavy atom. The van der Waals surface area contributed by atoms with E-state index >= 15 is 0 Å². The first-order valence-electron chi connectivity index (χ1n) is 11.1. The van der Waals surface area contributed by atoms with Crippen molar-refractivity contribution >= 4 is 21.6 Å². The van der Waals surface area contributed by atoms with Gasteiger partial charge in [0.15, 0.2) is 0 Å². The molecule has 0 saturated carbocycles. The van der Waals surface area contributed by atoms with Crippen LogP contribution in [0.4, 0.5) is 5.69 Å². The zero-order valence-corrected chi connectivity index (χ0v) is 18.1. The van der Waals surface area contributed by atoms with Crippen LogP contribution in [0.25, 0.3) is 0 Å². The van der Waals surface area contributed by atoms with Crippen LogP contribution in [0.15, 0.2) is 41.3 Å². The summed E-state index contributed by atoms with van der Waals surface area (Å²) in [4.78, 5) is 15.4. The second kappa shape index (κ2) is 7.82. The molecule has 0 bridgehead atoms. The standard InChI is InChI=1S/C24H28N2O3S/c27-24(21-9-8-18-6-2-3-7-19(18)16-21)26-15-12-20-17-22(10-11-23(20)26)30(28,29)25-13-4-1-5-14-25/h8-11,16-17H,1-7,12-15H2. The van der Waals surface area contributed by atoms with Crippen molar-refractivity contribution in [1.82, 2.24) is 4.31 Å². The van der Waals surface area contributed by atoms with E-state index in [1.807, 2.05) is 12.1 Å². The molecule has 6 heteroatoms. The van der Waals surface area contributed by atoms with Gasteiger partial charge in [0.25, 0.3) is 5.91 Å². The van der Waals surface area contributed by atoms with Crippen LogP contribution in [0.3, 0.4) is 0 Å². The number of aryl methyl sites for hydroxylation is 2. The van der Waals surface area contributed by atoms with Gasteiger partial charge in [-0.25, -0.2) is 8.42 Å². The Labute approximate surface area is 178 Å². The highest BCUT2D eigenvalue weighted by atomic mass is 32.2. The molecular weight excluding hydrogens is 396 g/mol. The third kappa shape index (κ3) is 3.46. The summed E-state index contributed by atoms with van der Waals surface area (Å²) in [6.07, 6.45) is 8.19. The summed E-state index contributed by atoms with van der Waals surface area (Å²) < 4.78 is 27.6. The monoisotopic (exact) mass is 424 g/mol. The molecule has 1 aliphatic carbocycles. The number of sulfonamides is 1. The minimum absolute atomic E-state index is 0.00811. The van der Waals surface area contributed by atoms with Gasteiger partial charge in [-0.1, -0.05) is 12.5 Å². The zero-order valence-electron chi connectivity index (χ0n) is 17.3. The number of carbonyl (C=O) groups excluding carboxylic acids is 1. The van der Waals surface area contributed by atoms with E-state index in [0.29, 0.717) is 31.0 Å². The van der Waals surface area contributed by atoms with Gasteiger partial charge in [-0.2, -0.15) is 4.31 Å². The molecule has 1 fully saturated rings. The molecule has 2 aromatic rings. The lowest BCUT2D eigenvalue weighted by Crippen LogP contribution is -2.35. The number of fused-ring (bicyclic) bond motifs is 2. The maximum absolute atomic E-state index is 13.2. The number of benzene rings is 2. The van der Waals surface area contributed by atoms with E-state index in [1.165, 1.54) is 24.0 Å². The van der Waals surface area contributed by atoms with Gasteiger partial charge in [-0.15, -0.1) is 0 Å². The first-order chi connectivity index (χ1) is 14.5. The maximum Gasteiger partial charge on any atom is 0.258 e. The molecule has 0 radical (unpaired) electrons. The van der Waals surface area contributed by atoms with Crippen LogP contribution in [-0.2, 0) is 29.3 Å². The minimum atomic E-state index is -3.45. The van der Waals surface area contributed by atoms with Crippen LogP contribution in [-0.4, -0.2) is 38.3 Å². The molecule has 0 spiro atoms. The topological polar surface area (TPSA) is 57.7 Å². The number of piperidine rings is 1. The predicted octanol–water partition coefficient (Wildman–Crippen LogP) is 3.94. The first kappa shape index (κ1) is 19.8. The van der Waals surface area contributed by atoms with Gasteiger partial charge in [-0.3, -0.25) is 4.79 Å². The average Bonchev–Trinajstić information content (AvgIpc) is 3.22. The lowest BCUT2D eigenvalue weighted by atomic mass is 9.90. The first-order valence-corrected chi connectivity index (χ1v) is 12.5. The number of amides is 1. The Balaban J connectivity index is 1.40. The van der Waals surface area contributed by atoms with E-state index in [0.717, 1.165) is 48.9 Å². The Bertz CT molecular complexity index is 1090. The Kier molecular flexibility index (Phi) is 5.15. The summed E-state index contributed by atoms with van der Waals surface area (Å²) in [5.41, 5.74) is 5.19. The van der Waals surface area contributed by atoms with Crippen LogP contribution in [0.1, 0.15) is 59.2 Å². The lowest BCUT2D eigenvalue weighted by Gasteiger charge is -2.26. The van der Waals surface area contributed by atoms with Crippen molar-refractivity contribution in [3.63, 3.8) is 0 Å². The molecule has 5 rings (SSSR count). The minimum Gasteiger partial charge on any atom is -0.308 e. The van der Waals surface area contributed by atoms with Gasteiger partial charge in [0.2, 0.25) is 10.0 Å². The van der Waals surface area contributed by atoms with Crippen molar-refractivity contribution in [3.8, 4) is 0 Å². The molecule has 5 nitrogen and oxygen atoms in total. The second-order valence-electron chi connectivity index (χ2n) is 8.65.